The maximum atomic E-state index is 13.3. The summed E-state index contributed by atoms with van der Waals surface area (Å²) < 4.78 is 38.7. The number of rotatable bonds is 8. The zero-order chi connectivity index (χ0) is 18.4. The molecular formula is C18H27NO5S. The van der Waals surface area contributed by atoms with Crippen molar-refractivity contribution in [3.05, 3.63) is 23.3 Å². The van der Waals surface area contributed by atoms with Gasteiger partial charge in [0.1, 0.15) is 18.6 Å². The minimum atomic E-state index is -3.59. The van der Waals surface area contributed by atoms with E-state index in [4.69, 9.17) is 9.47 Å². The highest BCUT2D eigenvalue weighted by atomic mass is 32.2. The third kappa shape index (κ3) is 4.59. The molecule has 0 amide bonds. The topological polar surface area (TPSA) is 72.9 Å². The lowest BCUT2D eigenvalue weighted by atomic mass is 10.0. The van der Waals surface area contributed by atoms with Gasteiger partial charge in [0.25, 0.3) is 0 Å². The quantitative estimate of drug-likeness (QED) is 0.520. The molecule has 1 atom stereocenters. The lowest BCUT2D eigenvalue weighted by Crippen LogP contribution is -2.44. The van der Waals surface area contributed by atoms with E-state index in [0.717, 1.165) is 19.3 Å². The summed E-state index contributed by atoms with van der Waals surface area (Å²) >= 11 is 0. The molecule has 0 bridgehead atoms. The van der Waals surface area contributed by atoms with Crippen LogP contribution in [0.2, 0.25) is 0 Å². The zero-order valence-corrected chi connectivity index (χ0v) is 16.0. The predicted octanol–water partition coefficient (Wildman–Crippen LogP) is 2.46. The Balaban J connectivity index is 2.28. The first-order valence-electron chi connectivity index (χ1n) is 8.60. The lowest BCUT2D eigenvalue weighted by Gasteiger charge is -2.35. The predicted molar refractivity (Wildman–Crippen MR) is 95.5 cm³/mol. The van der Waals surface area contributed by atoms with Crippen molar-refractivity contribution in [3.63, 3.8) is 0 Å². The molecule has 6 nitrogen and oxygen atoms in total. The number of nitrogens with zero attached hydrogens (tertiary/aromatic N) is 1. The van der Waals surface area contributed by atoms with Crippen molar-refractivity contribution in [2.75, 3.05) is 26.9 Å². The highest BCUT2D eigenvalue weighted by Crippen LogP contribution is 2.32. The van der Waals surface area contributed by atoms with E-state index in [9.17, 15) is 13.2 Å². The van der Waals surface area contributed by atoms with Gasteiger partial charge in [-0.15, -0.1) is 0 Å². The normalized spacial score (nSPS) is 18.9. The minimum absolute atomic E-state index is 0.0518. The maximum Gasteiger partial charge on any atom is 0.243 e. The molecule has 1 unspecified atom stereocenters. The molecule has 1 aliphatic rings. The first kappa shape index (κ1) is 19.9. The number of aryl methyl sites for hydroxylation is 2. The number of aldehydes is 1. The van der Waals surface area contributed by atoms with Crippen LogP contribution in [-0.2, 0) is 19.6 Å². The molecule has 0 saturated carbocycles. The average molecular weight is 369 g/mol. The Morgan fingerprint density at radius 2 is 1.92 bits per heavy atom. The Morgan fingerprint density at radius 3 is 2.52 bits per heavy atom. The first-order valence-corrected chi connectivity index (χ1v) is 10.0. The van der Waals surface area contributed by atoms with Crippen molar-refractivity contribution >= 4 is 16.3 Å². The molecule has 2 rings (SSSR count). The summed E-state index contributed by atoms with van der Waals surface area (Å²) in [6.45, 7) is 4.56. The van der Waals surface area contributed by atoms with Crippen LogP contribution in [0.5, 0.6) is 5.75 Å². The van der Waals surface area contributed by atoms with Gasteiger partial charge in [-0.2, -0.15) is 4.31 Å². The number of hydrogen-bond donors (Lipinski definition) is 0. The molecule has 0 aliphatic carbocycles. The molecule has 25 heavy (non-hydrogen) atoms. The van der Waals surface area contributed by atoms with Gasteiger partial charge in [-0.3, -0.25) is 0 Å². The summed E-state index contributed by atoms with van der Waals surface area (Å²) in [7, 11) is -2.02. The fraction of sp³-hybridized carbons (Fsp3) is 0.611. The van der Waals surface area contributed by atoms with E-state index >= 15 is 0 Å². The van der Waals surface area contributed by atoms with Crippen molar-refractivity contribution in [2.45, 2.75) is 50.5 Å². The summed E-state index contributed by atoms with van der Waals surface area (Å²) in [5.41, 5.74) is 1.39. The van der Waals surface area contributed by atoms with Crippen LogP contribution in [0.15, 0.2) is 17.0 Å². The van der Waals surface area contributed by atoms with Crippen molar-refractivity contribution in [1.82, 2.24) is 4.31 Å². The molecule has 1 aromatic carbocycles. The van der Waals surface area contributed by atoms with Gasteiger partial charge in [-0.1, -0.05) is 6.42 Å². The fourth-order valence-electron chi connectivity index (χ4n) is 3.48. The second-order valence-corrected chi connectivity index (χ2v) is 8.21. The SMILES string of the molecule is COc1cc(C)c(S(=O)(=O)N2CCCCC2CCOCC=O)c(C)c1. The number of hydrogen-bond acceptors (Lipinski definition) is 5. The second-order valence-electron chi connectivity index (χ2n) is 6.39. The number of piperidine rings is 1. The number of carbonyl (C=O) groups excluding carboxylic acids is 1. The summed E-state index contributed by atoms with van der Waals surface area (Å²) in [5, 5.41) is 0. The van der Waals surface area contributed by atoms with Gasteiger partial charge in [-0.05, 0) is 56.4 Å². The Hall–Kier alpha value is -1.44. The lowest BCUT2D eigenvalue weighted by molar-refractivity contribution is -0.112. The molecule has 140 valence electrons. The van der Waals surface area contributed by atoms with Gasteiger partial charge in [0.15, 0.2) is 0 Å². The van der Waals surface area contributed by atoms with Crippen LogP contribution >= 0.6 is 0 Å². The molecule has 0 spiro atoms. The summed E-state index contributed by atoms with van der Waals surface area (Å²) in [5.74, 6) is 0.659. The highest BCUT2D eigenvalue weighted by Gasteiger charge is 2.35. The molecule has 1 aliphatic heterocycles. The van der Waals surface area contributed by atoms with E-state index in [1.165, 1.54) is 0 Å². The zero-order valence-electron chi connectivity index (χ0n) is 15.2. The van der Waals surface area contributed by atoms with Gasteiger partial charge in [0.05, 0.1) is 12.0 Å². The van der Waals surface area contributed by atoms with Gasteiger partial charge >= 0.3 is 0 Å². The highest BCUT2D eigenvalue weighted by molar-refractivity contribution is 7.89. The van der Waals surface area contributed by atoms with Crippen LogP contribution in [0.25, 0.3) is 0 Å². The molecule has 1 fully saturated rings. The van der Waals surface area contributed by atoms with Crippen molar-refractivity contribution in [2.24, 2.45) is 0 Å². The van der Waals surface area contributed by atoms with Crippen LogP contribution in [0.3, 0.4) is 0 Å². The van der Waals surface area contributed by atoms with E-state index in [2.05, 4.69) is 0 Å². The Bertz CT molecular complexity index is 678. The molecule has 0 N–H and O–H groups in total. The van der Waals surface area contributed by atoms with Crippen LogP contribution in [-0.4, -0.2) is 51.9 Å². The van der Waals surface area contributed by atoms with Gasteiger partial charge in [-0.25, -0.2) is 8.42 Å². The number of sulfonamides is 1. The third-order valence-corrected chi connectivity index (χ3v) is 6.85. The summed E-state index contributed by atoms with van der Waals surface area (Å²) in [6, 6.07) is 3.42. The number of methoxy groups -OCH3 is 1. The molecule has 1 aromatic rings. The maximum absolute atomic E-state index is 13.3. The average Bonchev–Trinajstić information content (AvgIpc) is 2.58. The Labute approximate surface area is 150 Å². The van der Waals surface area contributed by atoms with Gasteiger partial charge in [0.2, 0.25) is 10.0 Å². The monoisotopic (exact) mass is 369 g/mol. The number of ether oxygens (including phenoxy) is 2. The molecule has 1 saturated heterocycles. The molecule has 0 aromatic heterocycles. The van der Waals surface area contributed by atoms with Gasteiger partial charge < -0.3 is 14.3 Å². The van der Waals surface area contributed by atoms with Gasteiger partial charge in [0, 0.05) is 19.2 Å². The van der Waals surface area contributed by atoms with E-state index in [-0.39, 0.29) is 12.6 Å². The summed E-state index contributed by atoms with van der Waals surface area (Å²) in [4.78, 5) is 10.7. The summed E-state index contributed by atoms with van der Waals surface area (Å²) in [6.07, 6.45) is 3.99. The molecule has 0 radical (unpaired) electrons. The first-order chi connectivity index (χ1) is 11.9. The number of benzene rings is 1. The largest absolute Gasteiger partial charge is 0.497 e. The van der Waals surface area contributed by atoms with Crippen LogP contribution in [0.4, 0.5) is 0 Å². The van der Waals surface area contributed by atoms with E-state index in [0.29, 0.717) is 47.6 Å². The standard InChI is InChI=1S/C18H27NO5S/c1-14-12-17(23-3)13-15(2)18(14)25(21,22)19-8-5-4-6-16(19)7-10-24-11-9-20/h9,12-13,16H,4-8,10-11H2,1-3H3. The van der Waals surface area contributed by atoms with Crippen LogP contribution in [0, 0.1) is 13.8 Å². The molecule has 1 heterocycles. The Morgan fingerprint density at radius 1 is 1.24 bits per heavy atom. The molecule has 7 heteroatoms. The fourth-order valence-corrected chi connectivity index (χ4v) is 5.62. The van der Waals surface area contributed by atoms with E-state index in [1.54, 1.807) is 37.4 Å². The Kier molecular flexibility index (Phi) is 6.98. The van der Waals surface area contributed by atoms with Crippen molar-refractivity contribution in [1.29, 1.82) is 0 Å². The van der Waals surface area contributed by atoms with Crippen molar-refractivity contribution < 1.29 is 22.7 Å². The minimum Gasteiger partial charge on any atom is -0.497 e. The van der Waals surface area contributed by atoms with Crippen LogP contribution < -0.4 is 4.74 Å². The van der Waals surface area contributed by atoms with E-state index < -0.39 is 10.0 Å². The second kappa shape index (κ2) is 8.78. The molecular weight excluding hydrogens is 342 g/mol. The third-order valence-electron chi connectivity index (χ3n) is 4.59. The smallest absolute Gasteiger partial charge is 0.243 e. The van der Waals surface area contributed by atoms with Crippen molar-refractivity contribution in [3.8, 4) is 5.75 Å². The van der Waals surface area contributed by atoms with Crippen LogP contribution in [0.1, 0.15) is 36.8 Å². The van der Waals surface area contributed by atoms with E-state index in [1.807, 2.05) is 0 Å². The number of carbonyl (C=O) groups is 1.